The molecule has 0 bridgehead atoms. The Morgan fingerprint density at radius 2 is 2.35 bits per heavy atom. The molecule has 5 nitrogen and oxygen atoms in total. The summed E-state index contributed by atoms with van der Waals surface area (Å²) < 4.78 is 5.95. The molecule has 0 spiro atoms. The van der Waals surface area contributed by atoms with E-state index in [1.807, 2.05) is 6.92 Å². The van der Waals surface area contributed by atoms with Gasteiger partial charge in [0.25, 0.3) is 0 Å². The number of carboxylic acids is 1. The zero-order chi connectivity index (χ0) is 16.6. The summed E-state index contributed by atoms with van der Waals surface area (Å²) >= 11 is 6.28. The largest absolute Gasteiger partial charge is 0.481 e. The summed E-state index contributed by atoms with van der Waals surface area (Å²) in [4.78, 5) is 14.7. The van der Waals surface area contributed by atoms with Crippen LogP contribution in [0.2, 0.25) is 5.02 Å². The monoisotopic (exact) mass is 332 g/mol. The Morgan fingerprint density at radius 3 is 3.00 bits per heavy atom. The third-order valence-electron chi connectivity index (χ3n) is 4.41. The third-order valence-corrected chi connectivity index (χ3v) is 4.72. The van der Waals surface area contributed by atoms with Crippen LogP contribution >= 0.6 is 11.6 Å². The molecule has 2 heterocycles. The number of aromatic nitrogens is 1. The standard InChI is InChI=1S/C17H17ClN2O3/c1-2-6-17(8-13(21)22)16-11(5-7-23-17)14-10(9-19)3-4-12(18)15(14)20-16/h3-4,20H,2,5-8H2,1H3,(H,21,22)/t17-/m0/s1. The molecule has 0 amide bonds. The van der Waals surface area contributed by atoms with Crippen molar-refractivity contribution in [2.75, 3.05) is 6.61 Å². The van der Waals surface area contributed by atoms with Crippen LogP contribution in [0.4, 0.5) is 0 Å². The van der Waals surface area contributed by atoms with E-state index in [-0.39, 0.29) is 6.42 Å². The third kappa shape index (κ3) is 2.48. The lowest BCUT2D eigenvalue weighted by molar-refractivity contribution is -0.149. The van der Waals surface area contributed by atoms with Crippen LogP contribution in [0.25, 0.3) is 10.9 Å². The van der Waals surface area contributed by atoms with Crippen molar-refractivity contribution >= 4 is 28.5 Å². The number of aliphatic carboxylic acids is 1. The molecule has 23 heavy (non-hydrogen) atoms. The van der Waals surface area contributed by atoms with Gasteiger partial charge in [-0.3, -0.25) is 4.79 Å². The Hall–Kier alpha value is -2.03. The highest BCUT2D eigenvalue weighted by molar-refractivity contribution is 6.35. The molecule has 2 aromatic rings. The van der Waals surface area contributed by atoms with Gasteiger partial charge in [-0.1, -0.05) is 24.9 Å². The zero-order valence-corrected chi connectivity index (χ0v) is 13.5. The van der Waals surface area contributed by atoms with E-state index in [4.69, 9.17) is 16.3 Å². The number of H-pyrrole nitrogens is 1. The van der Waals surface area contributed by atoms with E-state index in [9.17, 15) is 15.2 Å². The number of fused-ring (bicyclic) bond motifs is 3. The summed E-state index contributed by atoms with van der Waals surface area (Å²) in [5.74, 6) is -0.906. The lowest BCUT2D eigenvalue weighted by Gasteiger charge is -2.36. The topological polar surface area (TPSA) is 86.1 Å². The number of aromatic amines is 1. The van der Waals surface area contributed by atoms with Crippen LogP contribution in [0, 0.1) is 11.3 Å². The smallest absolute Gasteiger partial charge is 0.306 e. The second-order valence-electron chi connectivity index (χ2n) is 5.85. The molecule has 3 rings (SSSR count). The molecule has 0 saturated heterocycles. The van der Waals surface area contributed by atoms with Crippen LogP contribution in [-0.4, -0.2) is 22.7 Å². The molecule has 1 atom stereocenters. The second kappa shape index (κ2) is 5.88. The molecule has 0 fully saturated rings. The Balaban J connectivity index is 2.30. The fraction of sp³-hybridized carbons (Fsp3) is 0.412. The first-order chi connectivity index (χ1) is 11.0. The number of carbonyl (C=O) groups is 1. The second-order valence-corrected chi connectivity index (χ2v) is 6.26. The first-order valence-corrected chi connectivity index (χ1v) is 7.99. The van der Waals surface area contributed by atoms with Gasteiger partial charge in [0.2, 0.25) is 0 Å². The summed E-state index contributed by atoms with van der Waals surface area (Å²) in [6.07, 6.45) is 1.91. The average molecular weight is 333 g/mol. The number of nitrogens with one attached hydrogen (secondary N) is 1. The van der Waals surface area contributed by atoms with Crippen molar-refractivity contribution in [3.63, 3.8) is 0 Å². The van der Waals surface area contributed by atoms with Crippen molar-refractivity contribution in [3.8, 4) is 6.07 Å². The summed E-state index contributed by atoms with van der Waals surface area (Å²) in [5, 5.41) is 20.1. The number of carboxylic acid groups (broad SMARTS) is 1. The molecular formula is C17H17ClN2O3. The van der Waals surface area contributed by atoms with Crippen LogP contribution in [-0.2, 0) is 21.6 Å². The normalized spacial score (nSPS) is 20.2. The average Bonchev–Trinajstić information content (AvgIpc) is 2.90. The van der Waals surface area contributed by atoms with Crippen LogP contribution in [0.5, 0.6) is 0 Å². The Kier molecular flexibility index (Phi) is 4.05. The molecule has 1 aromatic carbocycles. The summed E-state index contributed by atoms with van der Waals surface area (Å²) in [6, 6.07) is 5.58. The van der Waals surface area contributed by atoms with Crippen LogP contribution in [0.15, 0.2) is 12.1 Å². The molecule has 0 saturated carbocycles. The molecule has 0 aliphatic carbocycles. The number of nitriles is 1. The van der Waals surface area contributed by atoms with Gasteiger partial charge in [-0.05, 0) is 30.5 Å². The van der Waals surface area contributed by atoms with Gasteiger partial charge in [-0.15, -0.1) is 0 Å². The zero-order valence-electron chi connectivity index (χ0n) is 12.8. The minimum Gasteiger partial charge on any atom is -0.481 e. The molecule has 1 aliphatic heterocycles. The number of rotatable bonds is 4. The summed E-state index contributed by atoms with van der Waals surface area (Å²) in [7, 11) is 0. The molecular weight excluding hydrogens is 316 g/mol. The molecule has 6 heteroatoms. The number of nitrogens with zero attached hydrogens (tertiary/aromatic N) is 1. The fourth-order valence-corrected chi connectivity index (χ4v) is 3.77. The van der Waals surface area contributed by atoms with Crippen LogP contribution in [0.3, 0.4) is 0 Å². The Morgan fingerprint density at radius 1 is 1.57 bits per heavy atom. The number of halogens is 1. The van der Waals surface area contributed by atoms with E-state index in [0.29, 0.717) is 35.6 Å². The molecule has 0 radical (unpaired) electrons. The van der Waals surface area contributed by atoms with Gasteiger partial charge < -0.3 is 14.8 Å². The predicted octanol–water partition coefficient (Wildman–Crippen LogP) is 3.74. The molecule has 2 N–H and O–H groups in total. The SMILES string of the molecule is CCC[C@@]1(CC(=O)O)OCCc2c1[nH]c1c(Cl)ccc(C#N)c21. The van der Waals surface area contributed by atoms with Gasteiger partial charge in [-0.2, -0.15) is 5.26 Å². The number of hydrogen-bond acceptors (Lipinski definition) is 3. The molecule has 1 aromatic heterocycles. The van der Waals surface area contributed by atoms with Crippen LogP contribution < -0.4 is 0 Å². The van der Waals surface area contributed by atoms with Crippen molar-refractivity contribution in [3.05, 3.63) is 34.0 Å². The van der Waals surface area contributed by atoms with Crippen molar-refractivity contribution in [1.82, 2.24) is 4.98 Å². The Labute approximate surface area is 138 Å². The van der Waals surface area contributed by atoms with Crippen molar-refractivity contribution in [2.45, 2.75) is 38.2 Å². The highest BCUT2D eigenvalue weighted by Crippen LogP contribution is 2.44. The predicted molar refractivity (Wildman–Crippen MR) is 86.5 cm³/mol. The minimum absolute atomic E-state index is 0.111. The maximum absolute atomic E-state index is 11.4. The number of benzene rings is 1. The van der Waals surface area contributed by atoms with E-state index >= 15 is 0 Å². The van der Waals surface area contributed by atoms with Gasteiger partial charge >= 0.3 is 5.97 Å². The van der Waals surface area contributed by atoms with E-state index < -0.39 is 11.6 Å². The molecule has 0 unspecified atom stereocenters. The van der Waals surface area contributed by atoms with Gasteiger partial charge in [-0.25, -0.2) is 0 Å². The quantitative estimate of drug-likeness (QED) is 0.893. The first-order valence-electron chi connectivity index (χ1n) is 7.62. The van der Waals surface area contributed by atoms with E-state index in [1.54, 1.807) is 12.1 Å². The number of ether oxygens (including phenoxy) is 1. The fourth-order valence-electron chi connectivity index (χ4n) is 3.56. The molecule has 1 aliphatic rings. The maximum atomic E-state index is 11.4. The van der Waals surface area contributed by atoms with Crippen LogP contribution in [0.1, 0.15) is 43.0 Å². The van der Waals surface area contributed by atoms with Crippen molar-refractivity contribution in [2.24, 2.45) is 0 Å². The maximum Gasteiger partial charge on any atom is 0.306 e. The highest BCUT2D eigenvalue weighted by Gasteiger charge is 2.42. The lowest BCUT2D eigenvalue weighted by Crippen LogP contribution is -2.37. The van der Waals surface area contributed by atoms with Gasteiger partial charge in [0.15, 0.2) is 0 Å². The van der Waals surface area contributed by atoms with E-state index in [0.717, 1.165) is 23.1 Å². The highest BCUT2D eigenvalue weighted by atomic mass is 35.5. The van der Waals surface area contributed by atoms with E-state index in [2.05, 4.69) is 11.1 Å². The van der Waals surface area contributed by atoms with Gasteiger partial charge in [0.05, 0.1) is 40.9 Å². The van der Waals surface area contributed by atoms with Gasteiger partial charge in [0, 0.05) is 5.39 Å². The molecule has 120 valence electrons. The van der Waals surface area contributed by atoms with E-state index in [1.165, 1.54) is 0 Å². The first kappa shape index (κ1) is 15.9. The van der Waals surface area contributed by atoms with Crippen molar-refractivity contribution in [1.29, 1.82) is 5.26 Å². The summed E-state index contributed by atoms with van der Waals surface area (Å²) in [5.41, 5.74) is 2.06. The number of hydrogen-bond donors (Lipinski definition) is 2. The van der Waals surface area contributed by atoms with Gasteiger partial charge in [0.1, 0.15) is 5.60 Å². The Bertz CT molecular complexity index is 821. The minimum atomic E-state index is -0.906. The summed E-state index contributed by atoms with van der Waals surface area (Å²) in [6.45, 7) is 2.43. The lowest BCUT2D eigenvalue weighted by atomic mass is 9.84. The van der Waals surface area contributed by atoms with Crippen molar-refractivity contribution < 1.29 is 14.6 Å².